The number of nitrogens with zero attached hydrogens (tertiary/aromatic N) is 2. The molecule has 14 heavy (non-hydrogen) atoms. The van der Waals surface area contributed by atoms with E-state index in [0.717, 1.165) is 9.22 Å². The molecule has 0 aliphatic rings. The van der Waals surface area contributed by atoms with Gasteiger partial charge in [0.2, 0.25) is 5.91 Å². The molecule has 2 rings (SSSR count). The number of fused-ring (bicyclic) bond motifs is 1. The highest BCUT2D eigenvalue weighted by Crippen LogP contribution is 2.09. The Hall–Kier alpha value is -1.11. The van der Waals surface area contributed by atoms with Gasteiger partial charge in [-0.3, -0.25) is 4.79 Å². The number of aromatic nitrogens is 2. The first-order chi connectivity index (χ1) is 6.65. The first kappa shape index (κ1) is 9.45. The molecule has 0 aliphatic carbocycles. The summed E-state index contributed by atoms with van der Waals surface area (Å²) < 4.78 is 3.01. The highest BCUT2D eigenvalue weighted by Gasteiger charge is 2.04. The SMILES string of the molecule is NC(=O)Cc1cn2cc(I)ccc2n1. The monoisotopic (exact) mass is 301 g/mol. The minimum atomic E-state index is -0.358. The summed E-state index contributed by atoms with van der Waals surface area (Å²) in [4.78, 5) is 14.9. The van der Waals surface area contributed by atoms with E-state index in [1.807, 2.05) is 28.9 Å². The molecule has 0 unspecified atom stereocenters. The van der Waals surface area contributed by atoms with Gasteiger partial charge in [-0.1, -0.05) is 0 Å². The Morgan fingerprint density at radius 2 is 2.29 bits per heavy atom. The minimum absolute atomic E-state index is 0.193. The molecular weight excluding hydrogens is 293 g/mol. The van der Waals surface area contributed by atoms with Crippen LogP contribution in [0.5, 0.6) is 0 Å². The van der Waals surface area contributed by atoms with E-state index in [2.05, 4.69) is 27.6 Å². The Bertz CT molecular complexity index is 492. The summed E-state index contributed by atoms with van der Waals surface area (Å²) in [6, 6.07) is 3.88. The van der Waals surface area contributed by atoms with Crippen LogP contribution in [0, 0.1) is 3.57 Å². The van der Waals surface area contributed by atoms with E-state index < -0.39 is 0 Å². The van der Waals surface area contributed by atoms with Crippen LogP contribution >= 0.6 is 22.6 Å². The third-order valence-corrected chi connectivity index (χ3v) is 2.46. The number of carbonyl (C=O) groups excluding carboxylic acids is 1. The van der Waals surface area contributed by atoms with Gasteiger partial charge in [0.05, 0.1) is 12.1 Å². The number of imidazole rings is 1. The van der Waals surface area contributed by atoms with Crippen molar-refractivity contribution in [1.29, 1.82) is 0 Å². The number of rotatable bonds is 2. The summed E-state index contributed by atoms with van der Waals surface area (Å²) in [5.41, 5.74) is 6.63. The van der Waals surface area contributed by atoms with Crippen molar-refractivity contribution >= 4 is 34.1 Å². The largest absolute Gasteiger partial charge is 0.369 e. The topological polar surface area (TPSA) is 60.4 Å². The number of amides is 1. The molecule has 2 heterocycles. The Kier molecular flexibility index (Phi) is 2.40. The molecule has 0 saturated heterocycles. The second kappa shape index (κ2) is 3.56. The summed E-state index contributed by atoms with van der Waals surface area (Å²) in [7, 11) is 0. The quantitative estimate of drug-likeness (QED) is 0.840. The number of hydrogen-bond acceptors (Lipinski definition) is 2. The van der Waals surface area contributed by atoms with Crippen molar-refractivity contribution in [2.45, 2.75) is 6.42 Å². The second-order valence-corrected chi connectivity index (χ2v) is 4.23. The fraction of sp³-hybridized carbons (Fsp3) is 0.111. The number of primary amides is 1. The second-order valence-electron chi connectivity index (χ2n) is 2.99. The van der Waals surface area contributed by atoms with E-state index >= 15 is 0 Å². The van der Waals surface area contributed by atoms with Crippen molar-refractivity contribution in [3.63, 3.8) is 0 Å². The molecule has 2 aromatic rings. The molecular formula is C9H8IN3O. The van der Waals surface area contributed by atoms with Gasteiger partial charge < -0.3 is 10.1 Å². The molecule has 2 aromatic heterocycles. The van der Waals surface area contributed by atoms with E-state index in [-0.39, 0.29) is 12.3 Å². The van der Waals surface area contributed by atoms with Gasteiger partial charge in [0.25, 0.3) is 0 Å². The summed E-state index contributed by atoms with van der Waals surface area (Å²) in [5.74, 6) is -0.358. The third-order valence-electron chi connectivity index (χ3n) is 1.82. The van der Waals surface area contributed by atoms with Gasteiger partial charge in [0.15, 0.2) is 0 Å². The smallest absolute Gasteiger partial charge is 0.223 e. The molecule has 0 aliphatic heterocycles. The molecule has 2 N–H and O–H groups in total. The van der Waals surface area contributed by atoms with Crippen LogP contribution in [-0.2, 0) is 11.2 Å². The molecule has 1 amide bonds. The normalized spacial score (nSPS) is 10.6. The maximum atomic E-state index is 10.7. The molecule has 0 atom stereocenters. The first-order valence-corrected chi connectivity index (χ1v) is 5.14. The zero-order chi connectivity index (χ0) is 10.1. The zero-order valence-electron chi connectivity index (χ0n) is 7.27. The van der Waals surface area contributed by atoms with Crippen molar-refractivity contribution in [3.05, 3.63) is 33.8 Å². The Labute approximate surface area is 94.3 Å². The Morgan fingerprint density at radius 1 is 1.50 bits per heavy atom. The number of pyridine rings is 1. The third kappa shape index (κ3) is 1.87. The molecule has 0 radical (unpaired) electrons. The molecule has 0 fully saturated rings. The summed E-state index contributed by atoms with van der Waals surface area (Å²) >= 11 is 2.22. The van der Waals surface area contributed by atoms with Crippen LogP contribution in [0.2, 0.25) is 0 Å². The van der Waals surface area contributed by atoms with Gasteiger partial charge in [-0.15, -0.1) is 0 Å². The summed E-state index contributed by atoms with van der Waals surface area (Å²) in [5, 5.41) is 0. The number of nitrogens with two attached hydrogens (primary N) is 1. The highest BCUT2D eigenvalue weighted by molar-refractivity contribution is 14.1. The average molecular weight is 301 g/mol. The van der Waals surface area contributed by atoms with Gasteiger partial charge in [0, 0.05) is 16.0 Å². The van der Waals surface area contributed by atoms with Gasteiger partial charge in [-0.25, -0.2) is 4.98 Å². The lowest BCUT2D eigenvalue weighted by atomic mass is 10.3. The molecule has 0 aromatic carbocycles. The molecule has 0 bridgehead atoms. The number of carbonyl (C=O) groups is 1. The fourth-order valence-electron chi connectivity index (χ4n) is 1.28. The lowest BCUT2D eigenvalue weighted by Crippen LogP contribution is -2.13. The van der Waals surface area contributed by atoms with Crippen molar-refractivity contribution < 1.29 is 4.79 Å². The van der Waals surface area contributed by atoms with Crippen molar-refractivity contribution in [2.24, 2.45) is 5.73 Å². The van der Waals surface area contributed by atoms with Gasteiger partial charge in [-0.05, 0) is 34.7 Å². The minimum Gasteiger partial charge on any atom is -0.369 e. The van der Waals surface area contributed by atoms with E-state index in [4.69, 9.17) is 5.73 Å². The van der Waals surface area contributed by atoms with Crippen LogP contribution in [-0.4, -0.2) is 15.3 Å². The zero-order valence-corrected chi connectivity index (χ0v) is 9.43. The number of hydrogen-bond donors (Lipinski definition) is 1. The molecule has 5 heteroatoms. The van der Waals surface area contributed by atoms with Crippen LogP contribution in [0.4, 0.5) is 0 Å². The van der Waals surface area contributed by atoms with Crippen LogP contribution in [0.15, 0.2) is 24.5 Å². The van der Waals surface area contributed by atoms with Crippen LogP contribution in [0.1, 0.15) is 5.69 Å². The van der Waals surface area contributed by atoms with E-state index in [1.165, 1.54) is 0 Å². The average Bonchev–Trinajstić information content (AvgIpc) is 2.44. The predicted molar refractivity (Wildman–Crippen MR) is 60.8 cm³/mol. The van der Waals surface area contributed by atoms with Crippen LogP contribution in [0.3, 0.4) is 0 Å². The van der Waals surface area contributed by atoms with E-state index in [0.29, 0.717) is 5.69 Å². The summed E-state index contributed by atoms with van der Waals surface area (Å²) in [6.45, 7) is 0. The van der Waals surface area contributed by atoms with Gasteiger partial charge >= 0.3 is 0 Å². The number of halogens is 1. The molecule has 0 saturated carbocycles. The first-order valence-electron chi connectivity index (χ1n) is 4.06. The van der Waals surface area contributed by atoms with E-state index in [1.54, 1.807) is 0 Å². The Morgan fingerprint density at radius 3 is 3.00 bits per heavy atom. The van der Waals surface area contributed by atoms with Crippen molar-refractivity contribution in [3.8, 4) is 0 Å². The van der Waals surface area contributed by atoms with Crippen molar-refractivity contribution in [2.75, 3.05) is 0 Å². The molecule has 72 valence electrons. The van der Waals surface area contributed by atoms with Gasteiger partial charge in [0.1, 0.15) is 5.65 Å². The maximum Gasteiger partial charge on any atom is 0.223 e. The van der Waals surface area contributed by atoms with E-state index in [9.17, 15) is 4.79 Å². The lowest BCUT2D eigenvalue weighted by Gasteiger charge is -1.91. The Balaban J connectivity index is 2.46. The summed E-state index contributed by atoms with van der Waals surface area (Å²) in [6.07, 6.45) is 3.97. The molecule has 0 spiro atoms. The van der Waals surface area contributed by atoms with Crippen LogP contribution < -0.4 is 5.73 Å². The predicted octanol–water partition coefficient (Wildman–Crippen LogP) is 0.967. The van der Waals surface area contributed by atoms with Crippen molar-refractivity contribution in [1.82, 2.24) is 9.38 Å². The molecule has 4 nitrogen and oxygen atoms in total. The van der Waals surface area contributed by atoms with Crippen LogP contribution in [0.25, 0.3) is 5.65 Å². The lowest BCUT2D eigenvalue weighted by molar-refractivity contribution is -0.117. The standard InChI is InChI=1S/C9H8IN3O/c10-6-1-2-9-12-7(3-8(11)14)5-13(9)4-6/h1-2,4-5H,3H2,(H2,11,14). The highest BCUT2D eigenvalue weighted by atomic mass is 127. The fourth-order valence-corrected chi connectivity index (χ4v) is 1.76. The van der Waals surface area contributed by atoms with Gasteiger partial charge in [-0.2, -0.15) is 0 Å². The maximum absolute atomic E-state index is 10.7.